The summed E-state index contributed by atoms with van der Waals surface area (Å²) in [5, 5.41) is 13.6. The first-order chi connectivity index (χ1) is 10.4. The van der Waals surface area contributed by atoms with Gasteiger partial charge in [-0.15, -0.1) is 0 Å². The number of benzene rings is 2. The summed E-state index contributed by atoms with van der Waals surface area (Å²) >= 11 is 11.4. The minimum absolute atomic E-state index is 0.0441. The molecule has 2 aromatic carbocycles. The van der Waals surface area contributed by atoms with Crippen molar-refractivity contribution < 1.29 is 14.1 Å². The maximum atomic E-state index is 13.0. The van der Waals surface area contributed by atoms with Crippen LogP contribution in [0.4, 0.5) is 10.1 Å². The van der Waals surface area contributed by atoms with Crippen LogP contribution >= 0.6 is 23.2 Å². The van der Waals surface area contributed by atoms with E-state index >= 15 is 0 Å². The van der Waals surface area contributed by atoms with Crippen LogP contribution in [0.15, 0.2) is 36.4 Å². The van der Waals surface area contributed by atoms with E-state index in [2.05, 4.69) is 5.32 Å². The predicted molar refractivity (Wildman–Crippen MR) is 80.7 cm³/mol. The molecule has 0 saturated carbocycles. The summed E-state index contributed by atoms with van der Waals surface area (Å²) in [6.45, 7) is 0.0441. The second kappa shape index (κ2) is 6.72. The summed E-state index contributed by atoms with van der Waals surface area (Å²) in [4.78, 5) is 22.3. The minimum Gasteiger partial charge on any atom is -0.348 e. The number of rotatable bonds is 4. The van der Waals surface area contributed by atoms with E-state index in [4.69, 9.17) is 23.2 Å². The first-order valence-electron chi connectivity index (χ1n) is 6.04. The monoisotopic (exact) mass is 342 g/mol. The van der Waals surface area contributed by atoms with Crippen LogP contribution < -0.4 is 5.32 Å². The summed E-state index contributed by atoms with van der Waals surface area (Å²) in [6, 6.07) is 7.69. The highest BCUT2D eigenvalue weighted by Crippen LogP contribution is 2.23. The Balaban J connectivity index is 2.17. The van der Waals surface area contributed by atoms with Gasteiger partial charge in [-0.1, -0.05) is 29.3 Å². The summed E-state index contributed by atoms with van der Waals surface area (Å²) in [6.07, 6.45) is 0. The molecule has 5 nitrogen and oxygen atoms in total. The lowest BCUT2D eigenvalue weighted by molar-refractivity contribution is -0.385. The number of carbonyl (C=O) groups is 1. The van der Waals surface area contributed by atoms with Crippen LogP contribution in [0.2, 0.25) is 10.0 Å². The molecule has 1 amide bonds. The van der Waals surface area contributed by atoms with Gasteiger partial charge in [-0.3, -0.25) is 14.9 Å². The maximum Gasteiger partial charge on any atom is 0.282 e. The van der Waals surface area contributed by atoms with Crippen LogP contribution in [0, 0.1) is 15.9 Å². The molecule has 0 aliphatic heterocycles. The molecular weight excluding hydrogens is 334 g/mol. The summed E-state index contributed by atoms with van der Waals surface area (Å²) in [5.74, 6) is -1.23. The number of hydrogen-bond acceptors (Lipinski definition) is 3. The Morgan fingerprint density at radius 1 is 1.23 bits per heavy atom. The van der Waals surface area contributed by atoms with Gasteiger partial charge < -0.3 is 5.32 Å². The van der Waals surface area contributed by atoms with Crippen molar-refractivity contribution in [3.8, 4) is 0 Å². The second-order valence-electron chi connectivity index (χ2n) is 4.35. The smallest absolute Gasteiger partial charge is 0.282 e. The van der Waals surface area contributed by atoms with E-state index in [9.17, 15) is 19.3 Å². The molecule has 1 N–H and O–H groups in total. The van der Waals surface area contributed by atoms with Crippen molar-refractivity contribution in [2.45, 2.75) is 6.54 Å². The third-order valence-electron chi connectivity index (χ3n) is 2.84. The quantitative estimate of drug-likeness (QED) is 0.674. The number of nitro groups is 1. The molecule has 0 radical (unpaired) electrons. The Morgan fingerprint density at radius 3 is 2.59 bits per heavy atom. The van der Waals surface area contributed by atoms with Gasteiger partial charge in [0.2, 0.25) is 0 Å². The van der Waals surface area contributed by atoms with Crippen molar-refractivity contribution in [3.05, 3.63) is 73.5 Å². The van der Waals surface area contributed by atoms with Crippen LogP contribution in [-0.4, -0.2) is 10.8 Å². The standard InChI is InChI=1S/C14H9Cl2FN2O3/c15-9-2-4-13(19(21)22)10(6-9)14(20)18-7-8-1-3-12(17)11(16)5-8/h1-6H,7H2,(H,18,20). The fourth-order valence-corrected chi connectivity index (χ4v) is 2.15. The lowest BCUT2D eigenvalue weighted by Gasteiger charge is -2.07. The Morgan fingerprint density at radius 2 is 1.95 bits per heavy atom. The molecule has 0 aliphatic carbocycles. The Hall–Kier alpha value is -2.18. The molecule has 0 saturated heterocycles. The average Bonchev–Trinajstić information content (AvgIpc) is 2.47. The molecule has 0 bridgehead atoms. The first-order valence-corrected chi connectivity index (χ1v) is 6.80. The number of amides is 1. The van der Waals surface area contributed by atoms with Crippen LogP contribution in [0.3, 0.4) is 0 Å². The van der Waals surface area contributed by atoms with Gasteiger partial charge in [-0.05, 0) is 29.8 Å². The molecular formula is C14H9Cl2FN2O3. The SMILES string of the molecule is O=C(NCc1ccc(F)c(Cl)c1)c1cc(Cl)ccc1[N+](=O)[O-]. The van der Waals surface area contributed by atoms with E-state index in [-0.39, 0.29) is 27.8 Å². The summed E-state index contributed by atoms with van der Waals surface area (Å²) < 4.78 is 13.0. The molecule has 8 heteroatoms. The van der Waals surface area contributed by atoms with E-state index in [0.29, 0.717) is 5.56 Å². The van der Waals surface area contributed by atoms with Crippen LogP contribution in [0.1, 0.15) is 15.9 Å². The van der Waals surface area contributed by atoms with Crippen LogP contribution in [-0.2, 0) is 6.54 Å². The van der Waals surface area contributed by atoms with Gasteiger partial charge in [0.25, 0.3) is 11.6 Å². The highest BCUT2D eigenvalue weighted by molar-refractivity contribution is 6.31. The molecule has 0 aromatic heterocycles. The lowest BCUT2D eigenvalue weighted by atomic mass is 10.1. The Bertz CT molecular complexity index is 753. The molecule has 2 rings (SSSR count). The number of nitrogens with zero attached hydrogens (tertiary/aromatic N) is 1. The van der Waals surface area contributed by atoms with Crippen molar-refractivity contribution in [2.24, 2.45) is 0 Å². The van der Waals surface area contributed by atoms with Crippen LogP contribution in [0.5, 0.6) is 0 Å². The second-order valence-corrected chi connectivity index (χ2v) is 5.19. The van der Waals surface area contributed by atoms with Gasteiger partial charge in [-0.2, -0.15) is 0 Å². The number of nitro benzene ring substituents is 1. The summed E-state index contributed by atoms with van der Waals surface area (Å²) in [7, 11) is 0. The lowest BCUT2D eigenvalue weighted by Crippen LogP contribution is -2.23. The first kappa shape index (κ1) is 16.2. The number of halogens is 3. The third kappa shape index (κ3) is 3.72. The van der Waals surface area contributed by atoms with Gasteiger partial charge in [0.15, 0.2) is 0 Å². The summed E-state index contributed by atoms with van der Waals surface area (Å²) in [5.41, 5.74) is 0.0641. The van der Waals surface area contributed by atoms with Crippen molar-refractivity contribution in [1.29, 1.82) is 0 Å². The van der Waals surface area contributed by atoms with Crippen molar-refractivity contribution >= 4 is 34.8 Å². The fraction of sp³-hybridized carbons (Fsp3) is 0.0714. The highest BCUT2D eigenvalue weighted by Gasteiger charge is 2.20. The zero-order valence-electron chi connectivity index (χ0n) is 11.0. The predicted octanol–water partition coefficient (Wildman–Crippen LogP) is 3.97. The molecule has 2 aromatic rings. The van der Waals surface area contributed by atoms with E-state index in [1.807, 2.05) is 0 Å². The van der Waals surface area contributed by atoms with E-state index in [1.54, 1.807) is 0 Å². The molecule has 22 heavy (non-hydrogen) atoms. The molecule has 0 aliphatic rings. The van der Waals surface area contributed by atoms with Gasteiger partial charge in [0.1, 0.15) is 11.4 Å². The molecule has 0 unspecified atom stereocenters. The van der Waals surface area contributed by atoms with Crippen LogP contribution in [0.25, 0.3) is 0 Å². The molecule has 0 atom stereocenters. The third-order valence-corrected chi connectivity index (χ3v) is 3.36. The normalized spacial score (nSPS) is 10.3. The van der Waals surface area contributed by atoms with Gasteiger partial charge >= 0.3 is 0 Å². The van der Waals surface area contributed by atoms with Gasteiger partial charge in [0.05, 0.1) is 9.95 Å². The van der Waals surface area contributed by atoms with Gasteiger partial charge in [0, 0.05) is 17.6 Å². The molecule has 0 fully saturated rings. The largest absolute Gasteiger partial charge is 0.348 e. The highest BCUT2D eigenvalue weighted by atomic mass is 35.5. The van der Waals surface area contributed by atoms with Crippen molar-refractivity contribution in [3.63, 3.8) is 0 Å². The fourth-order valence-electron chi connectivity index (χ4n) is 1.78. The number of nitrogens with one attached hydrogen (secondary N) is 1. The van der Waals surface area contributed by atoms with E-state index < -0.39 is 16.6 Å². The zero-order valence-corrected chi connectivity index (χ0v) is 12.5. The zero-order chi connectivity index (χ0) is 16.3. The van der Waals surface area contributed by atoms with E-state index in [0.717, 1.165) is 6.07 Å². The molecule has 0 heterocycles. The number of carbonyl (C=O) groups excluding carboxylic acids is 1. The van der Waals surface area contributed by atoms with Crippen molar-refractivity contribution in [2.75, 3.05) is 0 Å². The topological polar surface area (TPSA) is 72.2 Å². The average molecular weight is 343 g/mol. The number of hydrogen-bond donors (Lipinski definition) is 1. The van der Waals surface area contributed by atoms with Crippen molar-refractivity contribution in [1.82, 2.24) is 5.32 Å². The molecule has 0 spiro atoms. The Labute approximate surface area is 134 Å². The Kier molecular flexibility index (Phi) is 4.95. The maximum absolute atomic E-state index is 13.0. The molecule has 114 valence electrons. The van der Waals surface area contributed by atoms with E-state index in [1.165, 1.54) is 30.3 Å². The van der Waals surface area contributed by atoms with Gasteiger partial charge in [-0.25, -0.2) is 4.39 Å². The minimum atomic E-state index is -0.667.